The van der Waals surface area contributed by atoms with Crippen LogP contribution < -0.4 is 11.1 Å². The molecule has 0 aliphatic heterocycles. The van der Waals surface area contributed by atoms with E-state index in [1.165, 1.54) is 7.11 Å². The van der Waals surface area contributed by atoms with Gasteiger partial charge in [0.25, 0.3) is 0 Å². The van der Waals surface area contributed by atoms with Crippen LogP contribution in [0.1, 0.15) is 12.0 Å². The molecule has 0 atom stereocenters. The van der Waals surface area contributed by atoms with E-state index in [0.29, 0.717) is 18.0 Å². The largest absolute Gasteiger partial charge is 0.469 e. The maximum Gasteiger partial charge on any atom is 0.307 e. The molecule has 1 rings (SSSR count). The van der Waals surface area contributed by atoms with Gasteiger partial charge in [-0.1, -0.05) is 18.3 Å². The number of methoxy groups -OCH3 is 1. The second-order valence-corrected chi connectivity index (χ2v) is 4.79. The van der Waals surface area contributed by atoms with Gasteiger partial charge in [0.2, 0.25) is 0 Å². The average molecular weight is 284 g/mol. The highest BCUT2D eigenvalue weighted by Gasteiger charge is 2.10. The van der Waals surface area contributed by atoms with E-state index in [4.69, 9.17) is 18.0 Å². The zero-order valence-corrected chi connectivity index (χ0v) is 12.0. The van der Waals surface area contributed by atoms with Crippen molar-refractivity contribution in [1.29, 1.82) is 0 Å². The van der Waals surface area contributed by atoms with Crippen LogP contribution in [0.3, 0.4) is 0 Å². The van der Waals surface area contributed by atoms with Crippen molar-refractivity contribution in [2.45, 2.75) is 11.3 Å². The summed E-state index contributed by atoms with van der Waals surface area (Å²) in [6, 6.07) is 5.78. The SMILES string of the molecule is COC(=O)CCNc1cccc(SC)c1C(N)=S. The first-order chi connectivity index (χ1) is 8.60. The van der Waals surface area contributed by atoms with Crippen molar-refractivity contribution in [3.8, 4) is 0 Å². The van der Waals surface area contributed by atoms with E-state index in [-0.39, 0.29) is 5.97 Å². The summed E-state index contributed by atoms with van der Waals surface area (Å²) in [7, 11) is 1.37. The maximum absolute atomic E-state index is 11.0. The number of benzene rings is 1. The van der Waals surface area contributed by atoms with Gasteiger partial charge in [0.15, 0.2) is 0 Å². The third-order valence-corrected chi connectivity index (χ3v) is 3.35. The van der Waals surface area contributed by atoms with E-state index in [1.54, 1.807) is 11.8 Å². The smallest absolute Gasteiger partial charge is 0.307 e. The van der Waals surface area contributed by atoms with Gasteiger partial charge in [-0.15, -0.1) is 11.8 Å². The highest BCUT2D eigenvalue weighted by Crippen LogP contribution is 2.27. The molecule has 6 heteroatoms. The van der Waals surface area contributed by atoms with E-state index in [1.807, 2.05) is 24.5 Å². The predicted molar refractivity (Wildman–Crippen MR) is 79.2 cm³/mol. The summed E-state index contributed by atoms with van der Waals surface area (Å²) in [6.07, 6.45) is 2.27. The monoisotopic (exact) mass is 284 g/mol. The van der Waals surface area contributed by atoms with Gasteiger partial charge in [-0.3, -0.25) is 4.79 Å². The summed E-state index contributed by atoms with van der Waals surface area (Å²) in [5.74, 6) is -0.250. The minimum Gasteiger partial charge on any atom is -0.469 e. The van der Waals surface area contributed by atoms with Gasteiger partial charge in [-0.05, 0) is 18.4 Å². The fraction of sp³-hybridized carbons (Fsp3) is 0.333. The molecule has 1 aromatic rings. The normalized spacial score (nSPS) is 9.89. The van der Waals surface area contributed by atoms with Crippen LogP contribution in [0.2, 0.25) is 0 Å². The second-order valence-electron chi connectivity index (χ2n) is 3.50. The molecule has 4 nitrogen and oxygen atoms in total. The number of nitrogens with two attached hydrogens (primary N) is 1. The summed E-state index contributed by atoms with van der Waals surface area (Å²) < 4.78 is 4.58. The molecule has 0 saturated carbocycles. The molecular weight excluding hydrogens is 268 g/mol. The van der Waals surface area contributed by atoms with Crippen LogP contribution >= 0.6 is 24.0 Å². The third kappa shape index (κ3) is 3.89. The van der Waals surface area contributed by atoms with Crippen LogP contribution in [-0.4, -0.2) is 30.9 Å². The highest BCUT2D eigenvalue weighted by atomic mass is 32.2. The quantitative estimate of drug-likeness (QED) is 0.473. The Hall–Kier alpha value is -1.27. The van der Waals surface area contributed by atoms with Crippen molar-refractivity contribution in [1.82, 2.24) is 0 Å². The average Bonchev–Trinajstić information content (AvgIpc) is 2.37. The van der Waals surface area contributed by atoms with Gasteiger partial charge >= 0.3 is 5.97 Å². The molecular formula is C12H16N2O2S2. The Morgan fingerprint density at radius 2 is 2.28 bits per heavy atom. The second kappa shape index (κ2) is 7.23. The van der Waals surface area contributed by atoms with Crippen molar-refractivity contribution in [2.75, 3.05) is 25.2 Å². The molecule has 0 heterocycles. The molecule has 18 heavy (non-hydrogen) atoms. The van der Waals surface area contributed by atoms with Crippen molar-refractivity contribution in [3.05, 3.63) is 23.8 Å². The summed E-state index contributed by atoms with van der Waals surface area (Å²) in [6.45, 7) is 0.486. The standard InChI is InChI=1S/C12H16N2O2S2/c1-16-10(15)6-7-14-8-4-3-5-9(18-2)11(8)12(13)17/h3-5,14H,6-7H2,1-2H3,(H2,13,17). The first-order valence-electron chi connectivity index (χ1n) is 5.37. The van der Waals surface area contributed by atoms with E-state index >= 15 is 0 Å². The highest BCUT2D eigenvalue weighted by molar-refractivity contribution is 7.98. The summed E-state index contributed by atoms with van der Waals surface area (Å²) in [5, 5.41) is 3.15. The number of thioether (sulfide) groups is 1. The maximum atomic E-state index is 11.0. The van der Waals surface area contributed by atoms with Crippen LogP contribution in [0.4, 0.5) is 5.69 Å². The molecule has 0 spiro atoms. The third-order valence-electron chi connectivity index (χ3n) is 2.36. The van der Waals surface area contributed by atoms with Crippen LogP contribution in [0.15, 0.2) is 23.1 Å². The molecule has 0 fully saturated rings. The number of esters is 1. The van der Waals surface area contributed by atoms with Gasteiger partial charge in [-0.2, -0.15) is 0 Å². The minimum absolute atomic E-state index is 0.250. The Labute approximate surface area is 116 Å². The number of hydrogen-bond donors (Lipinski definition) is 2. The lowest BCUT2D eigenvalue weighted by molar-refractivity contribution is -0.140. The van der Waals surface area contributed by atoms with Gasteiger partial charge in [0.05, 0.1) is 13.5 Å². The number of thiocarbonyl (C=S) groups is 1. The number of nitrogens with one attached hydrogen (secondary N) is 1. The lowest BCUT2D eigenvalue weighted by Crippen LogP contribution is -2.16. The summed E-state index contributed by atoms with van der Waals surface area (Å²) in [5.41, 5.74) is 7.40. The lowest BCUT2D eigenvalue weighted by atomic mass is 10.1. The Kier molecular flexibility index (Phi) is 5.94. The topological polar surface area (TPSA) is 64.3 Å². The van der Waals surface area contributed by atoms with E-state index in [2.05, 4.69) is 10.1 Å². The van der Waals surface area contributed by atoms with E-state index in [9.17, 15) is 4.79 Å². The molecule has 0 aromatic heterocycles. The molecule has 0 aliphatic carbocycles. The van der Waals surface area contributed by atoms with Crippen molar-refractivity contribution >= 4 is 40.6 Å². The molecule has 1 aromatic carbocycles. The minimum atomic E-state index is -0.250. The zero-order chi connectivity index (χ0) is 13.5. The molecule has 0 aliphatic rings. The Balaban J connectivity index is 2.82. The van der Waals surface area contributed by atoms with Crippen molar-refractivity contribution < 1.29 is 9.53 Å². The fourth-order valence-electron chi connectivity index (χ4n) is 1.50. The Bertz CT molecular complexity index is 450. The number of anilines is 1. The fourth-order valence-corrected chi connectivity index (χ4v) is 2.43. The van der Waals surface area contributed by atoms with Gasteiger partial charge in [0.1, 0.15) is 4.99 Å². The Morgan fingerprint density at radius 3 is 2.83 bits per heavy atom. The van der Waals surface area contributed by atoms with Crippen LogP contribution in [0, 0.1) is 0 Å². The Morgan fingerprint density at radius 1 is 1.56 bits per heavy atom. The van der Waals surface area contributed by atoms with Crippen LogP contribution in [-0.2, 0) is 9.53 Å². The first-order valence-corrected chi connectivity index (χ1v) is 7.01. The number of carbonyl (C=O) groups is 1. The summed E-state index contributed by atoms with van der Waals surface area (Å²) >= 11 is 6.64. The zero-order valence-electron chi connectivity index (χ0n) is 10.4. The van der Waals surface area contributed by atoms with Crippen LogP contribution in [0.25, 0.3) is 0 Å². The number of ether oxygens (including phenoxy) is 1. The van der Waals surface area contributed by atoms with E-state index in [0.717, 1.165) is 16.1 Å². The molecule has 98 valence electrons. The molecule has 0 amide bonds. The van der Waals surface area contributed by atoms with Crippen LogP contribution in [0.5, 0.6) is 0 Å². The van der Waals surface area contributed by atoms with E-state index < -0.39 is 0 Å². The lowest BCUT2D eigenvalue weighted by Gasteiger charge is -2.13. The first kappa shape index (κ1) is 14.8. The molecule has 3 N–H and O–H groups in total. The molecule has 0 unspecified atom stereocenters. The predicted octanol–water partition coefficient (Wildman–Crippen LogP) is 2.02. The van der Waals surface area contributed by atoms with Gasteiger partial charge in [0, 0.05) is 22.7 Å². The number of hydrogen-bond acceptors (Lipinski definition) is 5. The molecule has 0 saturated heterocycles. The van der Waals surface area contributed by atoms with Crippen molar-refractivity contribution in [2.24, 2.45) is 5.73 Å². The molecule has 0 radical (unpaired) electrons. The molecule has 0 bridgehead atoms. The number of carbonyl (C=O) groups excluding carboxylic acids is 1. The van der Waals surface area contributed by atoms with Gasteiger partial charge in [-0.25, -0.2) is 0 Å². The van der Waals surface area contributed by atoms with Crippen molar-refractivity contribution in [3.63, 3.8) is 0 Å². The van der Waals surface area contributed by atoms with Gasteiger partial charge < -0.3 is 15.8 Å². The number of rotatable bonds is 6. The summed E-state index contributed by atoms with van der Waals surface area (Å²) in [4.78, 5) is 12.4.